The molecule has 3 rings (SSSR count). The zero-order valence-electron chi connectivity index (χ0n) is 23.7. The average Bonchev–Trinajstić information content (AvgIpc) is 2.92. The summed E-state index contributed by atoms with van der Waals surface area (Å²) < 4.78 is 66.6. The molecule has 3 aromatic carbocycles. The van der Waals surface area contributed by atoms with Crippen LogP contribution >= 0.6 is 23.2 Å². The minimum absolute atomic E-state index is 0.0736. The minimum atomic E-state index is -4.74. The van der Waals surface area contributed by atoms with E-state index in [4.69, 9.17) is 23.2 Å². The van der Waals surface area contributed by atoms with Crippen molar-refractivity contribution in [2.45, 2.75) is 39.0 Å². The number of rotatable bonds is 12. The first-order valence-corrected chi connectivity index (χ1v) is 15.9. The molecule has 1 N–H and O–H groups in total. The van der Waals surface area contributed by atoms with E-state index in [1.165, 1.54) is 17.0 Å². The molecule has 13 heteroatoms. The fourth-order valence-corrected chi connectivity index (χ4v) is 5.57. The predicted octanol–water partition coefficient (Wildman–Crippen LogP) is 6.19. The summed E-state index contributed by atoms with van der Waals surface area (Å²) in [6, 6.07) is 16.1. The maximum absolute atomic E-state index is 14.1. The van der Waals surface area contributed by atoms with Crippen molar-refractivity contribution in [1.82, 2.24) is 10.2 Å². The van der Waals surface area contributed by atoms with E-state index in [-0.39, 0.29) is 29.6 Å². The third-order valence-electron chi connectivity index (χ3n) is 6.45. The van der Waals surface area contributed by atoms with E-state index in [2.05, 4.69) is 5.32 Å². The van der Waals surface area contributed by atoms with Crippen molar-refractivity contribution in [2.24, 2.45) is 5.92 Å². The van der Waals surface area contributed by atoms with Crippen LogP contribution in [0.25, 0.3) is 0 Å². The Balaban J connectivity index is 2.10. The van der Waals surface area contributed by atoms with Gasteiger partial charge in [-0.25, -0.2) is 8.42 Å². The van der Waals surface area contributed by atoms with E-state index in [9.17, 15) is 31.2 Å². The highest BCUT2D eigenvalue weighted by Crippen LogP contribution is 2.32. The van der Waals surface area contributed by atoms with E-state index in [0.717, 1.165) is 24.0 Å². The molecule has 3 aromatic rings. The standard InChI is InChI=1S/C30H32Cl2F3N3O4S/c1-20(2)17-36-29(40)27(14-21-8-5-4-6-9-21)37(18-22-12-13-24(31)16-26(22)32)28(39)19-38(43(3,41)42)25-11-7-10-23(15-25)30(33,34)35/h4-13,15-16,20,27H,14,17-19H2,1-3H3,(H,36,40)/t27-/m1/s1. The predicted molar refractivity (Wildman–Crippen MR) is 162 cm³/mol. The first-order valence-electron chi connectivity index (χ1n) is 13.3. The van der Waals surface area contributed by atoms with Crippen LogP contribution in [0.5, 0.6) is 0 Å². The minimum Gasteiger partial charge on any atom is -0.354 e. The molecule has 0 fully saturated rings. The average molecular weight is 659 g/mol. The molecule has 0 aliphatic heterocycles. The molecule has 1 atom stereocenters. The molecule has 0 bridgehead atoms. The van der Waals surface area contributed by atoms with Gasteiger partial charge in [0, 0.05) is 29.6 Å². The first-order chi connectivity index (χ1) is 20.1. The fourth-order valence-electron chi connectivity index (χ4n) is 4.26. The maximum Gasteiger partial charge on any atom is 0.416 e. The first kappa shape index (κ1) is 34.2. The van der Waals surface area contributed by atoms with E-state index in [1.807, 2.05) is 13.8 Å². The van der Waals surface area contributed by atoms with Crippen molar-refractivity contribution in [2.75, 3.05) is 23.7 Å². The number of nitrogens with zero attached hydrogens (tertiary/aromatic N) is 2. The molecule has 0 aromatic heterocycles. The maximum atomic E-state index is 14.1. The summed E-state index contributed by atoms with van der Waals surface area (Å²) in [5.74, 6) is -1.21. The summed E-state index contributed by atoms with van der Waals surface area (Å²) in [5.41, 5.74) is -0.269. The number of halogens is 5. The topological polar surface area (TPSA) is 86.8 Å². The second kappa shape index (κ2) is 14.5. The number of carbonyl (C=O) groups excluding carboxylic acids is 2. The summed E-state index contributed by atoms with van der Waals surface area (Å²) in [4.78, 5) is 28.9. The number of hydrogen-bond donors (Lipinski definition) is 1. The number of alkyl halides is 3. The van der Waals surface area contributed by atoms with Gasteiger partial charge in [-0.3, -0.25) is 13.9 Å². The Bertz CT molecular complexity index is 1540. The van der Waals surface area contributed by atoms with Gasteiger partial charge in [0.05, 0.1) is 17.5 Å². The second-order valence-corrected chi connectivity index (χ2v) is 13.2. The third kappa shape index (κ3) is 9.87. The lowest BCUT2D eigenvalue weighted by atomic mass is 10.0. The molecule has 0 heterocycles. The molecule has 7 nitrogen and oxygen atoms in total. The highest BCUT2D eigenvalue weighted by Gasteiger charge is 2.35. The van der Waals surface area contributed by atoms with Crippen LogP contribution in [0.3, 0.4) is 0 Å². The second-order valence-electron chi connectivity index (χ2n) is 10.4. The van der Waals surface area contributed by atoms with E-state index in [0.29, 0.717) is 27.5 Å². The molecule has 0 spiro atoms. The van der Waals surface area contributed by atoms with Crippen LogP contribution in [0.2, 0.25) is 10.0 Å². The van der Waals surface area contributed by atoms with Gasteiger partial charge in [-0.05, 0) is 47.4 Å². The van der Waals surface area contributed by atoms with Crippen molar-refractivity contribution in [3.8, 4) is 0 Å². The van der Waals surface area contributed by atoms with Crippen LogP contribution < -0.4 is 9.62 Å². The largest absolute Gasteiger partial charge is 0.416 e. The summed E-state index contributed by atoms with van der Waals surface area (Å²) in [5, 5.41) is 3.40. The van der Waals surface area contributed by atoms with Gasteiger partial charge < -0.3 is 10.2 Å². The quantitative estimate of drug-likeness (QED) is 0.252. The molecule has 0 aliphatic rings. The number of benzene rings is 3. The molecule has 2 amide bonds. The Morgan fingerprint density at radius 2 is 1.63 bits per heavy atom. The van der Waals surface area contributed by atoms with Crippen molar-refractivity contribution in [3.05, 3.63) is 99.5 Å². The molecular weight excluding hydrogens is 626 g/mol. The fraction of sp³-hybridized carbons (Fsp3) is 0.333. The lowest BCUT2D eigenvalue weighted by Gasteiger charge is -2.34. The molecule has 0 unspecified atom stereocenters. The molecule has 0 saturated carbocycles. The van der Waals surface area contributed by atoms with Crippen LogP contribution in [0.4, 0.5) is 18.9 Å². The number of hydrogen-bond acceptors (Lipinski definition) is 4. The van der Waals surface area contributed by atoms with Gasteiger partial charge >= 0.3 is 6.18 Å². The monoisotopic (exact) mass is 657 g/mol. The molecule has 232 valence electrons. The summed E-state index contributed by atoms with van der Waals surface area (Å²) >= 11 is 12.5. The molecule has 0 aliphatic carbocycles. The Morgan fingerprint density at radius 1 is 0.953 bits per heavy atom. The van der Waals surface area contributed by atoms with Crippen LogP contribution in [-0.4, -0.2) is 50.5 Å². The normalized spacial score (nSPS) is 12.6. The third-order valence-corrected chi connectivity index (χ3v) is 8.18. The summed E-state index contributed by atoms with van der Waals surface area (Å²) in [6.07, 6.45) is -3.88. The number of nitrogens with one attached hydrogen (secondary N) is 1. The molecule has 0 radical (unpaired) electrons. The Morgan fingerprint density at radius 3 is 2.21 bits per heavy atom. The zero-order valence-corrected chi connectivity index (χ0v) is 26.1. The number of anilines is 1. The van der Waals surface area contributed by atoms with Gasteiger partial charge in [0.2, 0.25) is 21.8 Å². The zero-order chi connectivity index (χ0) is 31.9. The highest BCUT2D eigenvalue weighted by atomic mass is 35.5. The van der Waals surface area contributed by atoms with Crippen molar-refractivity contribution in [1.29, 1.82) is 0 Å². The number of carbonyl (C=O) groups is 2. The Kier molecular flexibility index (Phi) is 11.5. The molecule has 43 heavy (non-hydrogen) atoms. The lowest BCUT2D eigenvalue weighted by Crippen LogP contribution is -2.53. The van der Waals surface area contributed by atoms with Gasteiger partial charge in [-0.2, -0.15) is 13.2 Å². The van der Waals surface area contributed by atoms with Gasteiger partial charge in [0.1, 0.15) is 12.6 Å². The van der Waals surface area contributed by atoms with E-state index >= 15 is 0 Å². The number of sulfonamides is 1. The van der Waals surface area contributed by atoms with Gasteiger partial charge in [-0.15, -0.1) is 0 Å². The van der Waals surface area contributed by atoms with Gasteiger partial charge in [0.25, 0.3) is 0 Å². The van der Waals surface area contributed by atoms with Gasteiger partial charge in [-0.1, -0.05) is 79.5 Å². The van der Waals surface area contributed by atoms with Crippen LogP contribution in [-0.2, 0) is 38.8 Å². The SMILES string of the molecule is CC(C)CNC(=O)[C@@H](Cc1ccccc1)N(Cc1ccc(Cl)cc1Cl)C(=O)CN(c1cccc(C(F)(F)F)c1)S(C)(=O)=O. The van der Waals surface area contributed by atoms with Crippen LogP contribution in [0.15, 0.2) is 72.8 Å². The Labute approximate surface area is 259 Å². The lowest BCUT2D eigenvalue weighted by molar-refractivity contribution is -0.140. The van der Waals surface area contributed by atoms with Crippen molar-refractivity contribution < 1.29 is 31.2 Å². The van der Waals surface area contributed by atoms with Crippen molar-refractivity contribution in [3.63, 3.8) is 0 Å². The van der Waals surface area contributed by atoms with E-state index < -0.39 is 46.2 Å². The molecule has 0 saturated heterocycles. The van der Waals surface area contributed by atoms with Crippen LogP contribution in [0, 0.1) is 5.92 Å². The van der Waals surface area contributed by atoms with Gasteiger partial charge in [0.15, 0.2) is 0 Å². The summed E-state index contributed by atoms with van der Waals surface area (Å²) in [7, 11) is -4.25. The van der Waals surface area contributed by atoms with Crippen LogP contribution in [0.1, 0.15) is 30.5 Å². The van der Waals surface area contributed by atoms with E-state index in [1.54, 1.807) is 42.5 Å². The number of amides is 2. The smallest absolute Gasteiger partial charge is 0.354 e. The molecular formula is C30H32Cl2F3N3O4S. The Hall–Kier alpha value is -3.28. The highest BCUT2D eigenvalue weighted by molar-refractivity contribution is 7.92. The summed E-state index contributed by atoms with van der Waals surface area (Å²) in [6.45, 7) is 3.05. The van der Waals surface area contributed by atoms with Crippen molar-refractivity contribution >= 4 is 50.7 Å².